The highest BCUT2D eigenvalue weighted by molar-refractivity contribution is 5.80. The lowest BCUT2D eigenvalue weighted by Gasteiger charge is -2.36. The summed E-state index contributed by atoms with van der Waals surface area (Å²) in [6, 6.07) is 10.6. The van der Waals surface area contributed by atoms with Crippen LogP contribution in [0.15, 0.2) is 35.3 Å². The lowest BCUT2D eigenvalue weighted by molar-refractivity contribution is 0.160. The molecule has 1 saturated heterocycles. The quantitative estimate of drug-likeness (QED) is 0.463. The third-order valence-corrected chi connectivity index (χ3v) is 6.29. The van der Waals surface area contributed by atoms with Gasteiger partial charge in [0.25, 0.3) is 0 Å². The molecule has 162 valence electrons. The predicted octanol–water partition coefficient (Wildman–Crippen LogP) is 3.19. The second kappa shape index (κ2) is 12.2. The molecule has 5 nitrogen and oxygen atoms in total. The molecule has 0 amide bonds. The topological polar surface area (TPSA) is 59.9 Å². The largest absolute Gasteiger partial charge is 0.391 e. The minimum atomic E-state index is -0.454. The Labute approximate surface area is 177 Å². The van der Waals surface area contributed by atoms with Crippen molar-refractivity contribution in [3.8, 4) is 0 Å². The number of hydrogen-bond acceptors (Lipinski definition) is 3. The Hall–Kier alpha value is -1.59. The van der Waals surface area contributed by atoms with Crippen LogP contribution in [-0.2, 0) is 6.42 Å². The Morgan fingerprint density at radius 1 is 1.10 bits per heavy atom. The minimum Gasteiger partial charge on any atom is -0.391 e. The van der Waals surface area contributed by atoms with Gasteiger partial charge in [-0.15, -0.1) is 0 Å². The molecule has 0 radical (unpaired) electrons. The molecule has 1 heterocycles. The van der Waals surface area contributed by atoms with Crippen molar-refractivity contribution in [2.75, 3.05) is 32.7 Å². The van der Waals surface area contributed by atoms with Gasteiger partial charge in [-0.05, 0) is 44.1 Å². The zero-order chi connectivity index (χ0) is 20.3. The van der Waals surface area contributed by atoms with Gasteiger partial charge in [0.05, 0.1) is 12.6 Å². The van der Waals surface area contributed by atoms with Crippen LogP contribution in [0.2, 0.25) is 0 Å². The number of benzene rings is 1. The molecule has 1 aromatic rings. The predicted molar refractivity (Wildman–Crippen MR) is 121 cm³/mol. The first kappa shape index (κ1) is 22.1. The highest BCUT2D eigenvalue weighted by atomic mass is 16.3. The van der Waals surface area contributed by atoms with Crippen LogP contribution in [0, 0.1) is 5.92 Å². The highest BCUT2D eigenvalue weighted by Gasteiger charge is 2.23. The molecule has 5 heteroatoms. The maximum Gasteiger partial charge on any atom is 0.191 e. The molecular formula is C24H40N4O. The van der Waals surface area contributed by atoms with E-state index in [9.17, 15) is 5.11 Å². The third kappa shape index (κ3) is 7.98. The zero-order valence-electron chi connectivity index (χ0n) is 18.2. The van der Waals surface area contributed by atoms with E-state index in [0.717, 1.165) is 24.0 Å². The van der Waals surface area contributed by atoms with E-state index in [0.29, 0.717) is 19.0 Å². The Kier molecular flexibility index (Phi) is 9.29. The van der Waals surface area contributed by atoms with Gasteiger partial charge in [0.2, 0.25) is 0 Å². The first-order chi connectivity index (χ1) is 14.2. The van der Waals surface area contributed by atoms with Crippen molar-refractivity contribution in [3.05, 3.63) is 35.9 Å². The van der Waals surface area contributed by atoms with Gasteiger partial charge in [0.15, 0.2) is 5.96 Å². The summed E-state index contributed by atoms with van der Waals surface area (Å²) in [5.41, 5.74) is 1.15. The summed E-state index contributed by atoms with van der Waals surface area (Å²) >= 11 is 0. The van der Waals surface area contributed by atoms with Crippen LogP contribution in [0.4, 0.5) is 0 Å². The van der Waals surface area contributed by atoms with Gasteiger partial charge < -0.3 is 20.6 Å². The van der Waals surface area contributed by atoms with Crippen LogP contribution in [0.1, 0.15) is 57.4 Å². The Morgan fingerprint density at radius 2 is 1.83 bits per heavy atom. The van der Waals surface area contributed by atoms with Crippen molar-refractivity contribution in [1.29, 1.82) is 0 Å². The number of aliphatic imine (C=N–C) groups is 1. The molecule has 1 atom stereocenters. The van der Waals surface area contributed by atoms with Crippen LogP contribution in [0.25, 0.3) is 0 Å². The number of nitrogens with one attached hydrogen (secondary N) is 2. The first-order valence-corrected chi connectivity index (χ1v) is 11.7. The highest BCUT2D eigenvalue weighted by Crippen LogP contribution is 2.25. The van der Waals surface area contributed by atoms with E-state index in [4.69, 9.17) is 0 Å². The maximum absolute atomic E-state index is 10.3. The molecule has 1 aliphatic carbocycles. The summed E-state index contributed by atoms with van der Waals surface area (Å²) in [6.07, 6.45) is 9.70. The fraction of sp³-hybridized carbons (Fsp3) is 0.708. The summed E-state index contributed by atoms with van der Waals surface area (Å²) in [5, 5.41) is 17.3. The summed E-state index contributed by atoms with van der Waals surface area (Å²) in [7, 11) is 0. The molecule has 0 aromatic heterocycles. The number of hydrogen-bond donors (Lipinski definition) is 3. The van der Waals surface area contributed by atoms with Crippen molar-refractivity contribution >= 4 is 5.96 Å². The van der Waals surface area contributed by atoms with Gasteiger partial charge in [0, 0.05) is 38.6 Å². The molecule has 1 saturated carbocycles. The lowest BCUT2D eigenvalue weighted by atomic mass is 9.88. The molecule has 0 spiro atoms. The molecule has 29 heavy (non-hydrogen) atoms. The number of piperidine rings is 1. The molecular weight excluding hydrogens is 360 g/mol. The number of aliphatic hydroxyl groups excluding tert-OH is 1. The van der Waals surface area contributed by atoms with Crippen molar-refractivity contribution < 1.29 is 5.11 Å². The number of likely N-dealkylation sites (tertiary alicyclic amines) is 1. The van der Waals surface area contributed by atoms with Gasteiger partial charge >= 0.3 is 0 Å². The van der Waals surface area contributed by atoms with E-state index < -0.39 is 6.10 Å². The molecule has 1 unspecified atom stereocenters. The maximum atomic E-state index is 10.3. The van der Waals surface area contributed by atoms with E-state index in [1.807, 2.05) is 18.2 Å². The molecule has 3 N–H and O–H groups in total. The van der Waals surface area contributed by atoms with Crippen molar-refractivity contribution in [2.24, 2.45) is 10.9 Å². The fourth-order valence-corrected chi connectivity index (χ4v) is 4.66. The summed E-state index contributed by atoms with van der Waals surface area (Å²) in [6.45, 7) is 7.01. The molecule has 3 rings (SSSR count). The monoisotopic (exact) mass is 400 g/mol. The van der Waals surface area contributed by atoms with E-state index in [-0.39, 0.29) is 0 Å². The second-order valence-electron chi connectivity index (χ2n) is 8.79. The second-order valence-corrected chi connectivity index (χ2v) is 8.79. The smallest absolute Gasteiger partial charge is 0.191 e. The van der Waals surface area contributed by atoms with E-state index in [2.05, 4.69) is 39.6 Å². The standard InChI is InChI=1S/C24H40N4O/c1-2-25-24(26-18-23(29)17-20-9-5-3-6-10-20)27-22-13-15-28(16-14-22)19-21-11-7-4-8-12-21/h3,5-6,9-10,21-23,29H,2,4,7-8,11-19H2,1H3,(H2,25,26,27). The van der Waals surface area contributed by atoms with Crippen LogP contribution in [0.3, 0.4) is 0 Å². The number of nitrogens with zero attached hydrogens (tertiary/aromatic N) is 2. The number of aliphatic hydroxyl groups is 1. The van der Waals surface area contributed by atoms with E-state index >= 15 is 0 Å². The van der Waals surface area contributed by atoms with Crippen LogP contribution < -0.4 is 10.6 Å². The van der Waals surface area contributed by atoms with Gasteiger partial charge in [-0.1, -0.05) is 49.6 Å². The van der Waals surface area contributed by atoms with E-state index in [1.54, 1.807) is 0 Å². The van der Waals surface area contributed by atoms with Gasteiger partial charge in [-0.25, -0.2) is 0 Å². The van der Waals surface area contributed by atoms with Crippen molar-refractivity contribution in [3.63, 3.8) is 0 Å². The fourth-order valence-electron chi connectivity index (χ4n) is 4.66. The average molecular weight is 401 g/mol. The SMILES string of the molecule is CCNC(=NCC(O)Cc1ccccc1)NC1CCN(CC2CCCCC2)CC1. The summed E-state index contributed by atoms with van der Waals surface area (Å²) < 4.78 is 0. The minimum absolute atomic E-state index is 0.421. The summed E-state index contributed by atoms with van der Waals surface area (Å²) in [5.74, 6) is 1.77. The molecule has 0 bridgehead atoms. The Balaban J connectivity index is 1.40. The first-order valence-electron chi connectivity index (χ1n) is 11.7. The van der Waals surface area contributed by atoms with Crippen molar-refractivity contribution in [1.82, 2.24) is 15.5 Å². The number of rotatable bonds is 8. The number of guanidine groups is 1. The van der Waals surface area contributed by atoms with Crippen molar-refractivity contribution in [2.45, 2.75) is 70.4 Å². The van der Waals surface area contributed by atoms with E-state index in [1.165, 1.54) is 64.6 Å². The molecule has 2 fully saturated rings. The molecule has 1 aromatic carbocycles. The average Bonchev–Trinajstić information content (AvgIpc) is 2.75. The molecule has 1 aliphatic heterocycles. The Bertz CT molecular complexity index is 592. The van der Waals surface area contributed by atoms with Crippen LogP contribution in [0.5, 0.6) is 0 Å². The van der Waals surface area contributed by atoms with Crippen LogP contribution >= 0.6 is 0 Å². The molecule has 2 aliphatic rings. The van der Waals surface area contributed by atoms with Gasteiger partial charge in [-0.2, -0.15) is 0 Å². The Morgan fingerprint density at radius 3 is 2.52 bits per heavy atom. The normalized spacial score (nSPS) is 21.1. The third-order valence-electron chi connectivity index (χ3n) is 6.29. The lowest BCUT2D eigenvalue weighted by Crippen LogP contribution is -2.49. The van der Waals surface area contributed by atoms with Gasteiger partial charge in [-0.3, -0.25) is 4.99 Å². The van der Waals surface area contributed by atoms with Gasteiger partial charge in [0.1, 0.15) is 0 Å². The van der Waals surface area contributed by atoms with Crippen LogP contribution in [-0.4, -0.2) is 60.8 Å². The zero-order valence-corrected chi connectivity index (χ0v) is 18.2. The summed E-state index contributed by atoms with van der Waals surface area (Å²) in [4.78, 5) is 7.32.